The molecule has 0 spiro atoms. The molecule has 0 heterocycles. The Balaban J connectivity index is 2.29. The summed E-state index contributed by atoms with van der Waals surface area (Å²) in [5, 5.41) is 18.9. The third-order valence-electron chi connectivity index (χ3n) is 2.94. The lowest BCUT2D eigenvalue weighted by Crippen LogP contribution is -2.02. The van der Waals surface area contributed by atoms with Crippen LogP contribution >= 0.6 is 0 Å². The predicted octanol–water partition coefficient (Wildman–Crippen LogP) is 3.00. The fourth-order valence-electron chi connectivity index (χ4n) is 1.80. The number of phenolic OH excluding ortho intramolecular Hbond substituents is 2. The first-order valence-corrected chi connectivity index (χ1v) is 5.93. The van der Waals surface area contributed by atoms with E-state index in [0.29, 0.717) is 11.3 Å². The van der Waals surface area contributed by atoms with Crippen LogP contribution in [-0.2, 0) is 0 Å². The Bertz CT molecular complexity index is 657. The highest BCUT2D eigenvalue weighted by molar-refractivity contribution is 6.29. The summed E-state index contributed by atoms with van der Waals surface area (Å²) in [5.41, 5.74) is 1.00. The number of ether oxygens (including phenoxy) is 1. The predicted molar refractivity (Wildman–Crippen MR) is 76.1 cm³/mol. The Morgan fingerprint density at radius 3 is 2.30 bits per heavy atom. The van der Waals surface area contributed by atoms with Gasteiger partial charge in [-0.2, -0.15) is 0 Å². The number of methoxy groups -OCH3 is 1. The average Bonchev–Trinajstić information content (AvgIpc) is 2.46. The number of hydrogen-bond donors (Lipinski definition) is 2. The quantitative estimate of drug-likeness (QED) is 0.662. The number of allylic oxidation sites excluding steroid dienone is 1. The highest BCUT2D eigenvalue weighted by atomic mass is 16.5. The standard InChI is InChI=1S/C16H14O4/c1-10(11-3-6-13(20-2)7-4-11)16(19)14-8-5-12(17)9-15(14)18/h3-9,17-18H,1H2,2H3. The van der Waals surface area contributed by atoms with Gasteiger partial charge in [0.1, 0.15) is 17.2 Å². The number of hydrogen-bond acceptors (Lipinski definition) is 4. The van der Waals surface area contributed by atoms with Crippen LogP contribution in [-0.4, -0.2) is 23.1 Å². The van der Waals surface area contributed by atoms with Crippen molar-refractivity contribution in [3.05, 3.63) is 60.2 Å². The molecule has 0 aliphatic heterocycles. The van der Waals surface area contributed by atoms with Gasteiger partial charge in [0.2, 0.25) is 0 Å². The van der Waals surface area contributed by atoms with Crippen molar-refractivity contribution in [2.24, 2.45) is 0 Å². The molecule has 2 N–H and O–H groups in total. The van der Waals surface area contributed by atoms with Gasteiger partial charge in [-0.1, -0.05) is 18.7 Å². The molecule has 4 heteroatoms. The minimum Gasteiger partial charge on any atom is -0.508 e. The molecule has 0 fully saturated rings. The number of carbonyl (C=O) groups excluding carboxylic acids is 1. The molecule has 4 nitrogen and oxygen atoms in total. The van der Waals surface area contributed by atoms with E-state index in [9.17, 15) is 15.0 Å². The van der Waals surface area contributed by atoms with Crippen molar-refractivity contribution in [3.63, 3.8) is 0 Å². The molecule has 0 unspecified atom stereocenters. The zero-order valence-electron chi connectivity index (χ0n) is 11.0. The van der Waals surface area contributed by atoms with Gasteiger partial charge in [-0.25, -0.2) is 0 Å². The smallest absolute Gasteiger partial charge is 0.196 e. The fourth-order valence-corrected chi connectivity index (χ4v) is 1.80. The van der Waals surface area contributed by atoms with Gasteiger partial charge in [-0.15, -0.1) is 0 Å². The van der Waals surface area contributed by atoms with E-state index in [2.05, 4.69) is 6.58 Å². The molecule has 0 amide bonds. The molecule has 0 bridgehead atoms. The summed E-state index contributed by atoms with van der Waals surface area (Å²) in [5.74, 6) is -0.0899. The molecule has 2 aromatic rings. The summed E-state index contributed by atoms with van der Waals surface area (Å²) in [6.07, 6.45) is 0. The number of aromatic hydroxyl groups is 2. The summed E-state index contributed by atoms with van der Waals surface area (Å²) in [6, 6.07) is 10.7. The van der Waals surface area contributed by atoms with Crippen LogP contribution < -0.4 is 4.74 Å². The van der Waals surface area contributed by atoms with Crippen molar-refractivity contribution in [3.8, 4) is 17.2 Å². The molecule has 0 radical (unpaired) electrons. The number of Topliss-reactive ketones (excluding diaryl/α,β-unsaturated/α-hetero) is 1. The minimum absolute atomic E-state index is 0.101. The Morgan fingerprint density at radius 2 is 1.75 bits per heavy atom. The number of ketones is 1. The van der Waals surface area contributed by atoms with Gasteiger partial charge in [-0.3, -0.25) is 4.79 Å². The number of benzene rings is 2. The monoisotopic (exact) mass is 270 g/mol. The summed E-state index contributed by atoms with van der Waals surface area (Å²) < 4.78 is 5.04. The van der Waals surface area contributed by atoms with Crippen molar-refractivity contribution in [2.75, 3.05) is 7.11 Å². The summed E-state index contributed by atoms with van der Waals surface area (Å²) >= 11 is 0. The van der Waals surface area contributed by atoms with Gasteiger partial charge in [0, 0.05) is 11.6 Å². The van der Waals surface area contributed by atoms with E-state index in [-0.39, 0.29) is 22.6 Å². The molecule has 20 heavy (non-hydrogen) atoms. The second-order valence-corrected chi connectivity index (χ2v) is 4.24. The van der Waals surface area contributed by atoms with Gasteiger partial charge < -0.3 is 14.9 Å². The lowest BCUT2D eigenvalue weighted by atomic mass is 9.97. The minimum atomic E-state index is -0.396. The summed E-state index contributed by atoms with van der Waals surface area (Å²) in [6.45, 7) is 3.76. The van der Waals surface area contributed by atoms with Crippen LogP contribution in [0.15, 0.2) is 49.0 Å². The molecule has 0 aliphatic carbocycles. The van der Waals surface area contributed by atoms with E-state index >= 15 is 0 Å². The van der Waals surface area contributed by atoms with E-state index in [1.807, 2.05) is 0 Å². The average molecular weight is 270 g/mol. The van der Waals surface area contributed by atoms with Gasteiger partial charge in [0.25, 0.3) is 0 Å². The molecule has 2 aromatic carbocycles. The molecule has 0 aliphatic rings. The van der Waals surface area contributed by atoms with Crippen molar-refractivity contribution >= 4 is 11.4 Å². The number of rotatable bonds is 4. The van der Waals surface area contributed by atoms with Crippen LogP contribution in [0.4, 0.5) is 0 Å². The highest BCUT2D eigenvalue weighted by Crippen LogP contribution is 2.28. The molecular formula is C16H14O4. The van der Waals surface area contributed by atoms with Gasteiger partial charge in [0.15, 0.2) is 5.78 Å². The zero-order valence-corrected chi connectivity index (χ0v) is 11.0. The van der Waals surface area contributed by atoms with E-state index in [1.165, 1.54) is 12.1 Å². The molecule has 0 saturated heterocycles. The topological polar surface area (TPSA) is 66.8 Å². The van der Waals surface area contributed by atoms with E-state index in [4.69, 9.17) is 4.74 Å². The first-order valence-electron chi connectivity index (χ1n) is 5.93. The Labute approximate surface area is 116 Å². The maximum atomic E-state index is 12.3. The van der Waals surface area contributed by atoms with Crippen LogP contribution in [0.25, 0.3) is 5.57 Å². The van der Waals surface area contributed by atoms with Crippen molar-refractivity contribution in [1.29, 1.82) is 0 Å². The second-order valence-electron chi connectivity index (χ2n) is 4.24. The first-order chi connectivity index (χ1) is 9.52. The molecule has 0 atom stereocenters. The van der Waals surface area contributed by atoms with E-state index in [0.717, 1.165) is 6.07 Å². The maximum Gasteiger partial charge on any atom is 0.196 e. The van der Waals surface area contributed by atoms with Gasteiger partial charge in [0.05, 0.1) is 12.7 Å². The van der Waals surface area contributed by atoms with Gasteiger partial charge in [-0.05, 0) is 29.8 Å². The molecule has 2 rings (SSSR count). The third-order valence-corrected chi connectivity index (χ3v) is 2.94. The Hall–Kier alpha value is -2.75. The highest BCUT2D eigenvalue weighted by Gasteiger charge is 2.16. The van der Waals surface area contributed by atoms with Crippen LogP contribution in [0.3, 0.4) is 0 Å². The number of phenols is 2. The zero-order chi connectivity index (χ0) is 14.7. The van der Waals surface area contributed by atoms with Gasteiger partial charge >= 0.3 is 0 Å². The maximum absolute atomic E-state index is 12.3. The Kier molecular flexibility index (Phi) is 3.75. The van der Waals surface area contributed by atoms with Crippen LogP contribution in [0.1, 0.15) is 15.9 Å². The first kappa shape index (κ1) is 13.7. The van der Waals surface area contributed by atoms with Crippen molar-refractivity contribution in [2.45, 2.75) is 0 Å². The van der Waals surface area contributed by atoms with Crippen LogP contribution in [0.5, 0.6) is 17.2 Å². The summed E-state index contributed by atoms with van der Waals surface area (Å²) in [7, 11) is 1.56. The lowest BCUT2D eigenvalue weighted by molar-refractivity contribution is 0.105. The molecular weight excluding hydrogens is 256 g/mol. The Morgan fingerprint density at radius 1 is 1.10 bits per heavy atom. The normalized spacial score (nSPS) is 10.1. The largest absolute Gasteiger partial charge is 0.508 e. The molecule has 0 saturated carbocycles. The fraction of sp³-hybridized carbons (Fsp3) is 0.0625. The molecule has 102 valence electrons. The van der Waals surface area contributed by atoms with Crippen LogP contribution in [0, 0.1) is 0 Å². The van der Waals surface area contributed by atoms with Crippen molar-refractivity contribution in [1.82, 2.24) is 0 Å². The second kappa shape index (κ2) is 5.48. The number of carbonyl (C=O) groups is 1. The SMILES string of the molecule is C=C(C(=O)c1ccc(O)cc1O)c1ccc(OC)cc1. The summed E-state index contributed by atoms with van der Waals surface area (Å²) in [4.78, 5) is 12.3. The lowest BCUT2D eigenvalue weighted by Gasteiger charge is -2.08. The molecule has 0 aromatic heterocycles. The third kappa shape index (κ3) is 2.64. The van der Waals surface area contributed by atoms with E-state index < -0.39 is 5.78 Å². The van der Waals surface area contributed by atoms with Crippen LogP contribution in [0.2, 0.25) is 0 Å². The van der Waals surface area contributed by atoms with E-state index in [1.54, 1.807) is 31.4 Å². The van der Waals surface area contributed by atoms with Crippen molar-refractivity contribution < 1.29 is 19.7 Å².